The molecule has 0 radical (unpaired) electrons. The maximum atomic E-state index is 11.7. The Labute approximate surface area is 106 Å². The lowest BCUT2D eigenvalue weighted by Crippen LogP contribution is -2.39. The number of hydrogen-bond acceptors (Lipinski definition) is 2. The third kappa shape index (κ3) is 7.83. The molecule has 100 valence electrons. The quantitative estimate of drug-likeness (QED) is 0.713. The standard InChI is InChI=1S/C14H27NO2/c1-7-9-10-12(11(3)8-2)15-13(16)17-14(4,5)6/h12H,3,7-10H2,1-2,4-6H3,(H,15,16). The van der Waals surface area contributed by atoms with E-state index in [4.69, 9.17) is 4.74 Å². The number of nitrogens with one attached hydrogen (secondary N) is 1. The van der Waals surface area contributed by atoms with Crippen LogP contribution in [0.2, 0.25) is 0 Å². The zero-order valence-electron chi connectivity index (χ0n) is 11.9. The average molecular weight is 241 g/mol. The van der Waals surface area contributed by atoms with E-state index < -0.39 is 5.60 Å². The van der Waals surface area contributed by atoms with Crippen molar-refractivity contribution >= 4 is 6.09 Å². The highest BCUT2D eigenvalue weighted by Gasteiger charge is 2.20. The van der Waals surface area contributed by atoms with Crippen molar-refractivity contribution in [2.45, 2.75) is 71.9 Å². The Bertz CT molecular complexity index is 253. The molecule has 0 aromatic carbocycles. The highest BCUT2D eigenvalue weighted by atomic mass is 16.6. The summed E-state index contributed by atoms with van der Waals surface area (Å²) >= 11 is 0. The summed E-state index contributed by atoms with van der Waals surface area (Å²) in [5.74, 6) is 0. The zero-order valence-corrected chi connectivity index (χ0v) is 11.9. The molecule has 0 spiro atoms. The van der Waals surface area contributed by atoms with Gasteiger partial charge in [-0.3, -0.25) is 0 Å². The van der Waals surface area contributed by atoms with Gasteiger partial charge in [-0.25, -0.2) is 4.79 Å². The summed E-state index contributed by atoms with van der Waals surface area (Å²) in [7, 11) is 0. The molecule has 17 heavy (non-hydrogen) atoms. The maximum absolute atomic E-state index is 11.7. The number of carbonyl (C=O) groups is 1. The van der Waals surface area contributed by atoms with Crippen LogP contribution >= 0.6 is 0 Å². The molecule has 1 atom stereocenters. The van der Waals surface area contributed by atoms with Gasteiger partial charge in [0.1, 0.15) is 5.60 Å². The van der Waals surface area contributed by atoms with E-state index in [0.717, 1.165) is 31.3 Å². The zero-order chi connectivity index (χ0) is 13.5. The Morgan fingerprint density at radius 2 is 1.94 bits per heavy atom. The molecule has 0 aromatic heterocycles. The third-order valence-electron chi connectivity index (χ3n) is 2.48. The number of hydrogen-bond donors (Lipinski definition) is 1. The molecule has 1 amide bonds. The number of amides is 1. The van der Waals surface area contributed by atoms with Crippen molar-refractivity contribution in [1.29, 1.82) is 0 Å². The number of ether oxygens (including phenoxy) is 1. The normalized spacial score (nSPS) is 13.0. The molecule has 0 rings (SSSR count). The summed E-state index contributed by atoms with van der Waals surface area (Å²) in [5.41, 5.74) is 0.608. The van der Waals surface area contributed by atoms with Gasteiger partial charge in [-0.2, -0.15) is 0 Å². The van der Waals surface area contributed by atoms with Gasteiger partial charge in [-0.05, 0) is 33.6 Å². The molecule has 0 bridgehead atoms. The molecule has 0 fully saturated rings. The van der Waals surface area contributed by atoms with Crippen molar-refractivity contribution in [3.8, 4) is 0 Å². The minimum Gasteiger partial charge on any atom is -0.444 e. The van der Waals surface area contributed by atoms with Gasteiger partial charge in [0.15, 0.2) is 0 Å². The number of carbonyl (C=O) groups excluding carboxylic acids is 1. The van der Waals surface area contributed by atoms with Gasteiger partial charge in [0, 0.05) is 0 Å². The molecule has 0 saturated carbocycles. The number of unbranched alkanes of at least 4 members (excludes halogenated alkanes) is 1. The van der Waals surface area contributed by atoms with E-state index in [1.54, 1.807) is 0 Å². The van der Waals surface area contributed by atoms with Crippen molar-refractivity contribution in [2.24, 2.45) is 0 Å². The van der Waals surface area contributed by atoms with Crippen molar-refractivity contribution < 1.29 is 9.53 Å². The van der Waals surface area contributed by atoms with E-state index in [2.05, 4.69) is 25.7 Å². The molecule has 1 N–H and O–H groups in total. The van der Waals surface area contributed by atoms with Gasteiger partial charge in [0.25, 0.3) is 0 Å². The first-order chi connectivity index (χ1) is 7.80. The highest BCUT2D eigenvalue weighted by Crippen LogP contribution is 2.13. The summed E-state index contributed by atoms with van der Waals surface area (Å²) in [6, 6.07) is 0.0369. The molecular formula is C14H27NO2. The van der Waals surface area contributed by atoms with Crippen LogP contribution in [0.3, 0.4) is 0 Å². The Morgan fingerprint density at radius 3 is 2.35 bits per heavy atom. The number of alkyl carbamates (subject to hydrolysis) is 1. The van der Waals surface area contributed by atoms with Gasteiger partial charge in [0.2, 0.25) is 0 Å². The first-order valence-corrected chi connectivity index (χ1v) is 6.47. The van der Waals surface area contributed by atoms with E-state index in [0.29, 0.717) is 0 Å². The molecule has 0 aromatic rings. The molecule has 0 aliphatic heterocycles. The SMILES string of the molecule is C=C(CC)C(CCCC)NC(=O)OC(C)(C)C. The van der Waals surface area contributed by atoms with Crippen LogP contribution in [0, 0.1) is 0 Å². The average Bonchev–Trinajstić information content (AvgIpc) is 2.20. The van der Waals surface area contributed by atoms with E-state index in [1.807, 2.05) is 20.8 Å². The Kier molecular flexibility index (Phi) is 6.93. The smallest absolute Gasteiger partial charge is 0.408 e. The second-order valence-electron chi connectivity index (χ2n) is 5.35. The van der Waals surface area contributed by atoms with Crippen LogP contribution in [-0.2, 0) is 4.74 Å². The van der Waals surface area contributed by atoms with E-state index in [1.165, 1.54) is 0 Å². The van der Waals surface area contributed by atoms with Gasteiger partial charge >= 0.3 is 6.09 Å². The summed E-state index contributed by atoms with van der Waals surface area (Å²) in [6.07, 6.45) is 3.66. The molecule has 3 nitrogen and oxygen atoms in total. The van der Waals surface area contributed by atoms with Crippen molar-refractivity contribution in [3.05, 3.63) is 12.2 Å². The Morgan fingerprint density at radius 1 is 1.35 bits per heavy atom. The van der Waals surface area contributed by atoms with Crippen molar-refractivity contribution in [3.63, 3.8) is 0 Å². The lowest BCUT2D eigenvalue weighted by molar-refractivity contribution is 0.0509. The van der Waals surface area contributed by atoms with E-state index in [9.17, 15) is 4.79 Å². The van der Waals surface area contributed by atoms with Crippen LogP contribution < -0.4 is 5.32 Å². The van der Waals surface area contributed by atoms with Gasteiger partial charge in [-0.1, -0.05) is 38.8 Å². The molecular weight excluding hydrogens is 214 g/mol. The highest BCUT2D eigenvalue weighted by molar-refractivity contribution is 5.68. The minimum atomic E-state index is -0.451. The number of rotatable bonds is 6. The minimum absolute atomic E-state index is 0.0369. The second kappa shape index (κ2) is 7.36. The molecule has 3 heteroatoms. The van der Waals surface area contributed by atoms with Crippen LogP contribution in [0.15, 0.2) is 12.2 Å². The summed E-state index contributed by atoms with van der Waals surface area (Å²) < 4.78 is 5.25. The first kappa shape index (κ1) is 16.0. The molecule has 1 unspecified atom stereocenters. The maximum Gasteiger partial charge on any atom is 0.408 e. The fourth-order valence-electron chi connectivity index (χ4n) is 1.48. The van der Waals surface area contributed by atoms with Crippen LogP contribution in [0.1, 0.15) is 60.3 Å². The predicted octanol–water partition coefficient (Wildman–Crippen LogP) is 4.04. The summed E-state index contributed by atoms with van der Waals surface area (Å²) in [5, 5.41) is 2.90. The Hall–Kier alpha value is -0.990. The fraction of sp³-hybridized carbons (Fsp3) is 0.786. The van der Waals surface area contributed by atoms with Crippen molar-refractivity contribution in [2.75, 3.05) is 0 Å². The van der Waals surface area contributed by atoms with Crippen LogP contribution in [0.25, 0.3) is 0 Å². The largest absolute Gasteiger partial charge is 0.444 e. The lowest BCUT2D eigenvalue weighted by Gasteiger charge is -2.24. The Balaban J connectivity index is 4.32. The molecule has 0 aliphatic carbocycles. The molecule has 0 aliphatic rings. The topological polar surface area (TPSA) is 38.3 Å². The summed E-state index contributed by atoms with van der Waals surface area (Å²) in [4.78, 5) is 11.7. The first-order valence-electron chi connectivity index (χ1n) is 6.47. The van der Waals surface area contributed by atoms with Crippen LogP contribution in [0.4, 0.5) is 4.79 Å². The molecule has 0 saturated heterocycles. The van der Waals surface area contributed by atoms with Gasteiger partial charge < -0.3 is 10.1 Å². The van der Waals surface area contributed by atoms with Crippen LogP contribution in [0.5, 0.6) is 0 Å². The third-order valence-corrected chi connectivity index (χ3v) is 2.48. The van der Waals surface area contributed by atoms with Crippen molar-refractivity contribution in [1.82, 2.24) is 5.32 Å². The van der Waals surface area contributed by atoms with Crippen LogP contribution in [-0.4, -0.2) is 17.7 Å². The van der Waals surface area contributed by atoms with E-state index >= 15 is 0 Å². The monoisotopic (exact) mass is 241 g/mol. The lowest BCUT2D eigenvalue weighted by atomic mass is 10.0. The van der Waals surface area contributed by atoms with Gasteiger partial charge in [0.05, 0.1) is 6.04 Å². The predicted molar refractivity (Wildman–Crippen MR) is 72.1 cm³/mol. The summed E-state index contributed by atoms with van der Waals surface area (Å²) in [6.45, 7) is 13.8. The van der Waals surface area contributed by atoms with E-state index in [-0.39, 0.29) is 12.1 Å². The fourth-order valence-corrected chi connectivity index (χ4v) is 1.48. The second-order valence-corrected chi connectivity index (χ2v) is 5.35. The molecule has 0 heterocycles. The van der Waals surface area contributed by atoms with Gasteiger partial charge in [-0.15, -0.1) is 0 Å².